The van der Waals surface area contributed by atoms with Crippen molar-refractivity contribution >= 4 is 22.8 Å². The SMILES string of the molecule is O=C(NCCNc1ccc2ccccc2n1)NCC1(c2ccccc2)CC1. The number of anilines is 1. The number of pyridine rings is 1. The summed E-state index contributed by atoms with van der Waals surface area (Å²) in [5, 5.41) is 10.3. The smallest absolute Gasteiger partial charge is 0.314 e. The first-order valence-corrected chi connectivity index (χ1v) is 9.42. The average molecular weight is 360 g/mol. The molecule has 0 bridgehead atoms. The van der Waals surface area contributed by atoms with Crippen molar-refractivity contribution in [2.45, 2.75) is 18.3 Å². The molecule has 5 heteroatoms. The fraction of sp³-hybridized carbons (Fsp3) is 0.273. The molecule has 0 radical (unpaired) electrons. The maximum absolute atomic E-state index is 12.1. The van der Waals surface area contributed by atoms with Crippen molar-refractivity contribution < 1.29 is 4.79 Å². The number of fused-ring (bicyclic) bond motifs is 1. The lowest BCUT2D eigenvalue weighted by molar-refractivity contribution is 0.240. The molecule has 0 aliphatic heterocycles. The summed E-state index contributed by atoms with van der Waals surface area (Å²) in [4.78, 5) is 16.6. The van der Waals surface area contributed by atoms with Crippen molar-refractivity contribution in [3.63, 3.8) is 0 Å². The molecule has 1 saturated carbocycles. The second-order valence-electron chi connectivity index (χ2n) is 7.07. The summed E-state index contributed by atoms with van der Waals surface area (Å²) in [6.45, 7) is 1.85. The van der Waals surface area contributed by atoms with Crippen LogP contribution in [0, 0.1) is 0 Å². The molecule has 0 unspecified atom stereocenters. The fourth-order valence-electron chi connectivity index (χ4n) is 3.35. The second kappa shape index (κ2) is 7.66. The Morgan fingerprint density at radius 1 is 0.889 bits per heavy atom. The Morgan fingerprint density at radius 2 is 1.67 bits per heavy atom. The minimum absolute atomic E-state index is 0.120. The van der Waals surface area contributed by atoms with Gasteiger partial charge in [0.2, 0.25) is 0 Å². The molecule has 27 heavy (non-hydrogen) atoms. The average Bonchev–Trinajstić information content (AvgIpc) is 3.51. The first-order valence-electron chi connectivity index (χ1n) is 9.42. The Hall–Kier alpha value is -3.08. The molecule has 3 aromatic rings. The number of nitrogens with zero attached hydrogens (tertiary/aromatic N) is 1. The number of amides is 2. The fourth-order valence-corrected chi connectivity index (χ4v) is 3.35. The first-order chi connectivity index (χ1) is 13.3. The Kier molecular flexibility index (Phi) is 4.92. The van der Waals surface area contributed by atoms with E-state index in [1.54, 1.807) is 0 Å². The molecule has 1 aliphatic carbocycles. The molecule has 5 nitrogen and oxygen atoms in total. The highest BCUT2D eigenvalue weighted by atomic mass is 16.2. The Bertz CT molecular complexity index is 922. The third-order valence-electron chi connectivity index (χ3n) is 5.14. The predicted octanol–water partition coefficient (Wildman–Crippen LogP) is 3.68. The number of carbonyl (C=O) groups excluding carboxylic acids is 1. The van der Waals surface area contributed by atoms with Gasteiger partial charge in [-0.3, -0.25) is 0 Å². The molecule has 4 rings (SSSR count). The summed E-state index contributed by atoms with van der Waals surface area (Å²) in [6, 6.07) is 22.3. The van der Waals surface area contributed by atoms with Gasteiger partial charge >= 0.3 is 6.03 Å². The largest absolute Gasteiger partial charge is 0.368 e. The van der Waals surface area contributed by atoms with Crippen LogP contribution in [-0.2, 0) is 5.41 Å². The van der Waals surface area contributed by atoms with Crippen LogP contribution in [0.25, 0.3) is 10.9 Å². The second-order valence-corrected chi connectivity index (χ2v) is 7.07. The third-order valence-corrected chi connectivity index (χ3v) is 5.14. The van der Waals surface area contributed by atoms with Gasteiger partial charge in [-0.2, -0.15) is 0 Å². The van der Waals surface area contributed by atoms with Gasteiger partial charge in [0.1, 0.15) is 5.82 Å². The van der Waals surface area contributed by atoms with Crippen molar-refractivity contribution in [3.8, 4) is 0 Å². The molecular formula is C22H24N4O. The van der Waals surface area contributed by atoms with Crippen LogP contribution in [0.1, 0.15) is 18.4 Å². The summed E-state index contributed by atoms with van der Waals surface area (Å²) < 4.78 is 0. The summed E-state index contributed by atoms with van der Waals surface area (Å²) in [5.74, 6) is 0.817. The number of hydrogen-bond acceptors (Lipinski definition) is 3. The lowest BCUT2D eigenvalue weighted by atomic mass is 9.96. The highest BCUT2D eigenvalue weighted by Crippen LogP contribution is 2.47. The molecule has 2 aromatic carbocycles. The van der Waals surface area contributed by atoms with E-state index in [4.69, 9.17) is 0 Å². The normalized spacial score (nSPS) is 14.5. The lowest BCUT2D eigenvalue weighted by Gasteiger charge is -2.17. The van der Waals surface area contributed by atoms with Crippen LogP contribution in [-0.4, -0.2) is 30.6 Å². The van der Waals surface area contributed by atoms with Gasteiger partial charge in [-0.1, -0.05) is 48.5 Å². The molecule has 1 aliphatic rings. The number of carbonyl (C=O) groups is 1. The van der Waals surface area contributed by atoms with E-state index in [1.165, 1.54) is 5.56 Å². The lowest BCUT2D eigenvalue weighted by Crippen LogP contribution is -2.41. The minimum atomic E-state index is -0.120. The molecule has 2 amide bonds. The van der Waals surface area contributed by atoms with E-state index in [0.717, 1.165) is 29.6 Å². The van der Waals surface area contributed by atoms with E-state index in [1.807, 2.05) is 42.5 Å². The Balaban J connectivity index is 1.20. The van der Waals surface area contributed by atoms with Crippen LogP contribution in [0.5, 0.6) is 0 Å². The molecule has 1 aromatic heterocycles. The minimum Gasteiger partial charge on any atom is -0.368 e. The number of para-hydroxylation sites is 1. The maximum atomic E-state index is 12.1. The zero-order valence-corrected chi connectivity index (χ0v) is 15.2. The molecule has 0 spiro atoms. The molecule has 0 saturated heterocycles. The third kappa shape index (κ3) is 4.19. The molecular weight excluding hydrogens is 336 g/mol. The molecule has 0 atom stereocenters. The number of aromatic nitrogens is 1. The zero-order chi connectivity index (χ0) is 18.5. The van der Waals surface area contributed by atoms with Crippen molar-refractivity contribution in [3.05, 3.63) is 72.3 Å². The summed E-state index contributed by atoms with van der Waals surface area (Å²) in [6.07, 6.45) is 2.26. The van der Waals surface area contributed by atoms with Gasteiger partial charge in [0.25, 0.3) is 0 Å². The van der Waals surface area contributed by atoms with E-state index in [-0.39, 0.29) is 11.4 Å². The summed E-state index contributed by atoms with van der Waals surface area (Å²) >= 11 is 0. The van der Waals surface area contributed by atoms with Gasteiger partial charge in [0.05, 0.1) is 5.52 Å². The van der Waals surface area contributed by atoms with Crippen LogP contribution < -0.4 is 16.0 Å². The van der Waals surface area contributed by atoms with Gasteiger partial charge < -0.3 is 16.0 Å². The van der Waals surface area contributed by atoms with Gasteiger partial charge in [0.15, 0.2) is 0 Å². The number of nitrogens with one attached hydrogen (secondary N) is 3. The number of benzene rings is 2. The van der Waals surface area contributed by atoms with Crippen molar-refractivity contribution in [1.82, 2.24) is 15.6 Å². The first kappa shape index (κ1) is 17.3. The molecule has 1 fully saturated rings. The van der Waals surface area contributed by atoms with Crippen LogP contribution in [0.2, 0.25) is 0 Å². The van der Waals surface area contributed by atoms with Gasteiger partial charge in [-0.25, -0.2) is 9.78 Å². The quantitative estimate of drug-likeness (QED) is 0.563. The topological polar surface area (TPSA) is 66.0 Å². The van der Waals surface area contributed by atoms with Gasteiger partial charge in [0, 0.05) is 30.4 Å². The number of rotatable bonds is 7. The van der Waals surface area contributed by atoms with Gasteiger partial charge in [-0.15, -0.1) is 0 Å². The van der Waals surface area contributed by atoms with E-state index in [9.17, 15) is 4.79 Å². The van der Waals surface area contributed by atoms with E-state index in [2.05, 4.69) is 45.2 Å². The van der Waals surface area contributed by atoms with Crippen molar-refractivity contribution in [2.75, 3.05) is 25.0 Å². The zero-order valence-electron chi connectivity index (χ0n) is 15.2. The standard InChI is InChI=1S/C22H24N4O/c27-21(25-16-22(12-13-22)18-7-2-1-3-8-18)24-15-14-23-20-11-10-17-6-4-5-9-19(17)26-20/h1-11H,12-16H2,(H,23,26)(H2,24,25,27). The molecule has 3 N–H and O–H groups in total. The van der Waals surface area contributed by atoms with Crippen molar-refractivity contribution in [1.29, 1.82) is 0 Å². The molecule has 1 heterocycles. The number of urea groups is 1. The van der Waals surface area contributed by atoms with E-state index < -0.39 is 0 Å². The maximum Gasteiger partial charge on any atom is 0.314 e. The van der Waals surface area contributed by atoms with Crippen molar-refractivity contribution in [2.24, 2.45) is 0 Å². The van der Waals surface area contributed by atoms with E-state index in [0.29, 0.717) is 19.6 Å². The van der Waals surface area contributed by atoms with Crippen LogP contribution in [0.4, 0.5) is 10.6 Å². The predicted molar refractivity (Wildman–Crippen MR) is 109 cm³/mol. The summed E-state index contributed by atoms with van der Waals surface area (Å²) in [7, 11) is 0. The highest BCUT2D eigenvalue weighted by Gasteiger charge is 2.44. The Morgan fingerprint density at radius 3 is 2.48 bits per heavy atom. The Labute approximate surface area is 159 Å². The van der Waals surface area contributed by atoms with Crippen LogP contribution in [0.15, 0.2) is 66.7 Å². The summed E-state index contributed by atoms with van der Waals surface area (Å²) in [5.41, 5.74) is 2.41. The van der Waals surface area contributed by atoms with Crippen LogP contribution >= 0.6 is 0 Å². The van der Waals surface area contributed by atoms with Gasteiger partial charge in [-0.05, 0) is 36.6 Å². The monoisotopic (exact) mass is 360 g/mol. The highest BCUT2D eigenvalue weighted by molar-refractivity contribution is 5.80. The van der Waals surface area contributed by atoms with E-state index >= 15 is 0 Å². The number of hydrogen-bond donors (Lipinski definition) is 3. The van der Waals surface area contributed by atoms with Crippen LogP contribution in [0.3, 0.4) is 0 Å². The molecule has 138 valence electrons.